The summed E-state index contributed by atoms with van der Waals surface area (Å²) in [6.45, 7) is 0.858. The van der Waals surface area contributed by atoms with Gasteiger partial charge < -0.3 is 10.4 Å². The molecule has 1 fully saturated rings. The van der Waals surface area contributed by atoms with Gasteiger partial charge in [-0.25, -0.2) is 4.39 Å². The van der Waals surface area contributed by atoms with Gasteiger partial charge in [-0.2, -0.15) is 13.2 Å². The Bertz CT molecular complexity index is 1040. The van der Waals surface area contributed by atoms with E-state index in [1.54, 1.807) is 0 Å². The van der Waals surface area contributed by atoms with Crippen LogP contribution >= 0.6 is 23.2 Å². The van der Waals surface area contributed by atoms with Crippen LogP contribution in [0, 0.1) is 17.2 Å². The van der Waals surface area contributed by atoms with E-state index in [1.807, 2.05) is 0 Å². The molecule has 172 valence electrons. The highest BCUT2D eigenvalue weighted by Gasteiger charge is 2.50. The molecule has 1 aliphatic carbocycles. The third kappa shape index (κ3) is 5.02. The summed E-state index contributed by atoms with van der Waals surface area (Å²) in [6, 6.07) is 7.90. The van der Waals surface area contributed by atoms with Crippen LogP contribution in [0.25, 0.3) is 0 Å². The van der Waals surface area contributed by atoms with Crippen LogP contribution < -0.4 is 5.32 Å². The molecule has 10 heteroatoms. The molecule has 0 aliphatic heterocycles. The smallest absolute Gasteiger partial charge is 0.392 e. The summed E-state index contributed by atoms with van der Waals surface area (Å²) in [7, 11) is 0. The monoisotopic (exact) mass is 491 g/mol. The number of rotatable bonds is 7. The number of carboxylic acids is 1. The molecule has 0 bridgehead atoms. The van der Waals surface area contributed by atoms with Crippen LogP contribution in [-0.4, -0.2) is 23.2 Å². The van der Waals surface area contributed by atoms with E-state index in [0.29, 0.717) is 12.8 Å². The minimum absolute atomic E-state index is 0.0107. The fourth-order valence-corrected chi connectivity index (χ4v) is 3.87. The molecule has 2 aromatic rings. The van der Waals surface area contributed by atoms with Gasteiger partial charge >= 0.3 is 12.1 Å². The van der Waals surface area contributed by atoms with Gasteiger partial charge in [0, 0.05) is 5.02 Å². The molecule has 0 heterocycles. The molecule has 4 nitrogen and oxygen atoms in total. The molecule has 32 heavy (non-hydrogen) atoms. The van der Waals surface area contributed by atoms with E-state index in [-0.39, 0.29) is 27.6 Å². The van der Waals surface area contributed by atoms with Crippen LogP contribution in [0.3, 0.4) is 0 Å². The predicted molar refractivity (Wildman–Crippen MR) is 112 cm³/mol. The van der Waals surface area contributed by atoms with Gasteiger partial charge in [-0.05, 0) is 48.6 Å². The highest BCUT2D eigenvalue weighted by Crippen LogP contribution is 2.49. The normalized spacial score (nSPS) is 16.8. The Hall–Kier alpha value is -2.32. The number of aliphatic carboxylic acids is 1. The Morgan fingerprint density at radius 2 is 1.72 bits per heavy atom. The molecule has 0 unspecified atom stereocenters. The molecule has 2 aromatic carbocycles. The lowest BCUT2D eigenvalue weighted by Crippen LogP contribution is -2.34. The first-order chi connectivity index (χ1) is 14.9. The number of benzene rings is 2. The number of anilines is 1. The molecule has 0 spiro atoms. The summed E-state index contributed by atoms with van der Waals surface area (Å²) in [5.74, 6) is -6.91. The fourth-order valence-electron chi connectivity index (χ4n) is 3.56. The number of hydrogen-bond donors (Lipinski definition) is 2. The lowest BCUT2D eigenvalue weighted by atomic mass is 9.85. The van der Waals surface area contributed by atoms with Crippen molar-refractivity contribution in [3.8, 4) is 0 Å². The molecule has 1 aliphatic rings. The minimum Gasteiger partial charge on any atom is -0.481 e. The second-order valence-electron chi connectivity index (χ2n) is 8.01. The molecule has 1 saturated carbocycles. The fraction of sp³-hybridized carbons (Fsp3) is 0.364. The average Bonchev–Trinajstić information content (AvgIpc) is 3.49. The van der Waals surface area contributed by atoms with Crippen molar-refractivity contribution in [3.63, 3.8) is 0 Å². The molecule has 0 radical (unpaired) electrons. The van der Waals surface area contributed by atoms with Crippen LogP contribution in [0.5, 0.6) is 0 Å². The first-order valence-corrected chi connectivity index (χ1v) is 10.4. The van der Waals surface area contributed by atoms with E-state index in [4.69, 9.17) is 23.2 Å². The third-order valence-corrected chi connectivity index (χ3v) is 6.35. The van der Waals surface area contributed by atoms with E-state index >= 15 is 4.39 Å². The number of amides is 1. The number of carboxylic acid groups (broad SMARTS) is 1. The van der Waals surface area contributed by atoms with Crippen molar-refractivity contribution < 1.29 is 32.3 Å². The summed E-state index contributed by atoms with van der Waals surface area (Å²) in [5, 5.41) is 11.6. The number of halogens is 6. The predicted octanol–water partition coefficient (Wildman–Crippen LogP) is 6.46. The summed E-state index contributed by atoms with van der Waals surface area (Å²) in [6.07, 6.45) is -4.05. The van der Waals surface area contributed by atoms with E-state index < -0.39 is 46.8 Å². The number of nitrogens with one attached hydrogen (secondary N) is 1. The molecule has 3 rings (SSSR count). The SMILES string of the molecule is C[C@H]([C@H](C(=O)Nc1c(Cl)ccc(CC2(C(=O)O)CC2)c1F)c1ccc(Cl)cc1)C(F)(F)F. The average molecular weight is 492 g/mol. The molecular formula is C22H19Cl2F4NO3. The Morgan fingerprint density at radius 3 is 2.22 bits per heavy atom. The van der Waals surface area contributed by atoms with Crippen molar-refractivity contribution >= 4 is 40.8 Å². The summed E-state index contributed by atoms with van der Waals surface area (Å²) < 4.78 is 55.6. The van der Waals surface area contributed by atoms with Gasteiger partial charge in [0.15, 0.2) is 5.82 Å². The summed E-state index contributed by atoms with van der Waals surface area (Å²) in [5.41, 5.74) is -1.50. The number of alkyl halides is 3. The van der Waals surface area contributed by atoms with Crippen LogP contribution in [0.1, 0.15) is 36.8 Å². The van der Waals surface area contributed by atoms with Gasteiger partial charge in [-0.1, -0.05) is 48.3 Å². The quantitative estimate of drug-likeness (QED) is 0.436. The van der Waals surface area contributed by atoms with E-state index in [2.05, 4.69) is 5.32 Å². The zero-order valence-electron chi connectivity index (χ0n) is 16.8. The van der Waals surface area contributed by atoms with Crippen LogP contribution in [0.2, 0.25) is 10.0 Å². The lowest BCUT2D eigenvalue weighted by Gasteiger charge is -2.26. The Morgan fingerprint density at radius 1 is 1.12 bits per heavy atom. The van der Waals surface area contributed by atoms with Gasteiger partial charge in [0.2, 0.25) is 5.91 Å². The van der Waals surface area contributed by atoms with Crippen molar-refractivity contribution in [2.24, 2.45) is 11.3 Å². The summed E-state index contributed by atoms with van der Waals surface area (Å²) >= 11 is 11.8. The van der Waals surface area contributed by atoms with Crippen molar-refractivity contribution in [3.05, 3.63) is 63.4 Å². The Labute approximate surface area is 191 Å². The molecule has 1 amide bonds. The van der Waals surface area contributed by atoms with E-state index in [0.717, 1.165) is 6.92 Å². The van der Waals surface area contributed by atoms with Crippen molar-refractivity contribution in [1.29, 1.82) is 0 Å². The van der Waals surface area contributed by atoms with Crippen molar-refractivity contribution in [2.45, 2.75) is 38.3 Å². The zero-order valence-corrected chi connectivity index (χ0v) is 18.3. The standard InChI is InChI=1S/C22H19Cl2F4NO3/c1-11(22(26,27)28)16(12-2-5-14(23)6-3-12)19(30)29-18-15(24)7-4-13(17(18)25)10-21(8-9-21)20(31)32/h2-7,11,16H,8-10H2,1H3,(H,29,30)(H,31,32)/t11-,16+/m1/s1. The minimum atomic E-state index is -4.70. The Balaban J connectivity index is 1.94. The van der Waals surface area contributed by atoms with Crippen LogP contribution in [0.4, 0.5) is 23.2 Å². The highest BCUT2D eigenvalue weighted by atomic mass is 35.5. The van der Waals surface area contributed by atoms with E-state index in [1.165, 1.54) is 36.4 Å². The van der Waals surface area contributed by atoms with Gasteiger partial charge in [0.05, 0.1) is 28.0 Å². The second kappa shape index (κ2) is 8.90. The first kappa shape index (κ1) is 24.3. The van der Waals surface area contributed by atoms with Gasteiger partial charge in [-0.15, -0.1) is 0 Å². The lowest BCUT2D eigenvalue weighted by molar-refractivity contribution is -0.178. The topological polar surface area (TPSA) is 66.4 Å². The molecular weight excluding hydrogens is 473 g/mol. The van der Waals surface area contributed by atoms with E-state index in [9.17, 15) is 27.9 Å². The van der Waals surface area contributed by atoms with Gasteiger partial charge in [-0.3, -0.25) is 9.59 Å². The highest BCUT2D eigenvalue weighted by molar-refractivity contribution is 6.33. The number of carbonyl (C=O) groups excluding carboxylic acids is 1. The van der Waals surface area contributed by atoms with Gasteiger partial charge in [0.25, 0.3) is 0 Å². The van der Waals surface area contributed by atoms with Crippen LogP contribution in [0.15, 0.2) is 36.4 Å². The zero-order chi connectivity index (χ0) is 23.8. The maximum atomic E-state index is 15.1. The third-order valence-electron chi connectivity index (χ3n) is 5.78. The maximum absolute atomic E-state index is 15.1. The maximum Gasteiger partial charge on any atom is 0.392 e. The van der Waals surface area contributed by atoms with Gasteiger partial charge in [0.1, 0.15) is 0 Å². The van der Waals surface area contributed by atoms with Crippen molar-refractivity contribution in [2.75, 3.05) is 5.32 Å². The molecule has 2 atom stereocenters. The largest absolute Gasteiger partial charge is 0.481 e. The molecule has 0 aromatic heterocycles. The molecule has 2 N–H and O–H groups in total. The van der Waals surface area contributed by atoms with Crippen molar-refractivity contribution in [1.82, 2.24) is 0 Å². The second-order valence-corrected chi connectivity index (χ2v) is 8.85. The number of carbonyl (C=O) groups is 2. The first-order valence-electron chi connectivity index (χ1n) is 9.69. The molecule has 0 saturated heterocycles. The van der Waals surface area contributed by atoms with Crippen LogP contribution in [-0.2, 0) is 16.0 Å². The number of hydrogen-bond acceptors (Lipinski definition) is 2. The summed E-state index contributed by atoms with van der Waals surface area (Å²) in [4.78, 5) is 24.4. The Kier molecular flexibility index (Phi) is 6.77.